The summed E-state index contributed by atoms with van der Waals surface area (Å²) in [6, 6.07) is 0. The van der Waals surface area contributed by atoms with Gasteiger partial charge in [-0.2, -0.15) is 0 Å². The Kier molecular flexibility index (Phi) is 7.09. The molecule has 0 aromatic rings. The number of unbranched alkanes of at least 4 members (excludes halogenated alkanes) is 2. The van der Waals surface area contributed by atoms with Crippen molar-refractivity contribution in [1.82, 2.24) is 0 Å². The summed E-state index contributed by atoms with van der Waals surface area (Å²) in [5, 5.41) is 2.42. The van der Waals surface area contributed by atoms with Gasteiger partial charge in [0.05, 0.1) is 13.1 Å². The number of halogens is 6. The first-order valence-corrected chi connectivity index (χ1v) is 9.50. The van der Waals surface area contributed by atoms with Crippen molar-refractivity contribution in [3.63, 3.8) is 0 Å². The molecule has 16 heavy (non-hydrogen) atoms. The van der Waals surface area contributed by atoms with Crippen LogP contribution in [0.2, 0.25) is 0 Å². The van der Waals surface area contributed by atoms with Crippen molar-refractivity contribution in [1.29, 1.82) is 0 Å². The molecular formula is C8H20AsF6N. The summed E-state index contributed by atoms with van der Waals surface area (Å²) in [7, 11) is 0. The van der Waals surface area contributed by atoms with Crippen LogP contribution in [0.15, 0.2) is 0 Å². The van der Waals surface area contributed by atoms with Crippen LogP contribution in [0.25, 0.3) is 0 Å². The molecule has 0 rings (SSSR count). The fourth-order valence-corrected chi connectivity index (χ4v) is 0.841. The van der Waals surface area contributed by atoms with E-state index in [1.54, 1.807) is 0 Å². The maximum absolute atomic E-state index is 11.1. The van der Waals surface area contributed by atoms with Gasteiger partial charge in [-0.15, -0.1) is 0 Å². The zero-order chi connectivity index (χ0) is 13.4. The molecule has 0 saturated heterocycles. The van der Waals surface area contributed by atoms with Gasteiger partial charge in [0, 0.05) is 0 Å². The molecule has 0 aliphatic heterocycles. The van der Waals surface area contributed by atoms with Crippen molar-refractivity contribution in [3.8, 4) is 0 Å². The van der Waals surface area contributed by atoms with E-state index in [1.807, 2.05) is 0 Å². The van der Waals surface area contributed by atoms with E-state index < -0.39 is 14.2 Å². The molecule has 8 heteroatoms. The van der Waals surface area contributed by atoms with Gasteiger partial charge in [0.25, 0.3) is 0 Å². The third kappa shape index (κ3) is 65.0. The second-order valence-electron chi connectivity index (χ2n) is 3.53. The molecule has 0 heterocycles. The maximum atomic E-state index is 9.91. The topological polar surface area (TPSA) is 16.6 Å². The quantitative estimate of drug-likeness (QED) is 0.439. The molecule has 0 bridgehead atoms. The molecule has 0 unspecified atom stereocenters. The first-order chi connectivity index (χ1) is 6.86. The number of hydrogen-bond acceptors (Lipinski definition) is 0. The molecule has 0 aliphatic rings. The summed E-state index contributed by atoms with van der Waals surface area (Å²) in [4.78, 5) is 0. The normalized spacial score (nSPS) is 15.8. The Labute approximate surface area is 93.4 Å². The van der Waals surface area contributed by atoms with Crippen LogP contribution in [0.1, 0.15) is 39.5 Å². The monoisotopic (exact) mass is 319 g/mol. The zero-order valence-electron chi connectivity index (χ0n) is 9.53. The Hall–Kier alpha value is 0.0984. The predicted molar refractivity (Wildman–Crippen MR) is 53.9 cm³/mol. The SMILES string of the molecule is CCCC[NH2+]CCCC.F[As-](F)(F)(F)(F)F. The summed E-state index contributed by atoms with van der Waals surface area (Å²) in [5.41, 5.74) is 0. The fraction of sp³-hybridized carbons (Fsp3) is 1.00. The Balaban J connectivity index is 0. The molecular weight excluding hydrogens is 299 g/mol. The van der Waals surface area contributed by atoms with E-state index in [-0.39, 0.29) is 0 Å². The van der Waals surface area contributed by atoms with Crippen LogP contribution in [0, 0.1) is 0 Å². The summed E-state index contributed by atoms with van der Waals surface area (Å²) >= 11 is -11.1. The van der Waals surface area contributed by atoms with Crippen LogP contribution in [0.5, 0.6) is 0 Å². The van der Waals surface area contributed by atoms with E-state index in [0.29, 0.717) is 0 Å². The summed E-state index contributed by atoms with van der Waals surface area (Å²) < 4.78 is 59.4. The van der Waals surface area contributed by atoms with Gasteiger partial charge in [-0.1, -0.05) is 26.7 Å². The van der Waals surface area contributed by atoms with E-state index >= 15 is 0 Å². The van der Waals surface area contributed by atoms with Gasteiger partial charge < -0.3 is 5.32 Å². The summed E-state index contributed by atoms with van der Waals surface area (Å²) in [6.45, 7) is 7.15. The van der Waals surface area contributed by atoms with Crippen LogP contribution >= 0.6 is 0 Å². The molecule has 0 radical (unpaired) electrons. The molecule has 0 aromatic heterocycles. The average Bonchev–Trinajstić information content (AvgIpc) is 1.98. The molecule has 2 N–H and O–H groups in total. The van der Waals surface area contributed by atoms with Gasteiger partial charge in [0.2, 0.25) is 0 Å². The van der Waals surface area contributed by atoms with Gasteiger partial charge in [0.1, 0.15) is 0 Å². The standard InChI is InChI=1S/C8H19N.AsF6/c1-3-5-7-9-8-6-4-2;2-1(3,4,5,6)7/h9H,3-8H2,1-2H3;/q;-1/p+1. The first-order valence-electron chi connectivity index (χ1n) is 5.24. The molecule has 0 fully saturated rings. The Morgan fingerprint density at radius 1 is 0.750 bits per heavy atom. The number of rotatable bonds is 6. The zero-order valence-corrected chi connectivity index (χ0v) is 11.4. The van der Waals surface area contributed by atoms with Crippen molar-refractivity contribution in [2.45, 2.75) is 39.5 Å². The molecule has 0 atom stereocenters. The fourth-order valence-electron chi connectivity index (χ4n) is 0.841. The van der Waals surface area contributed by atoms with Gasteiger partial charge in [-0.05, 0) is 12.8 Å². The molecule has 0 saturated carbocycles. The van der Waals surface area contributed by atoms with Crippen molar-refractivity contribution in [2.24, 2.45) is 0 Å². The minimum absolute atomic E-state index is 1.33. The predicted octanol–water partition coefficient (Wildman–Crippen LogP) is 3.29. The third-order valence-corrected chi connectivity index (χ3v) is 1.52. The van der Waals surface area contributed by atoms with Crippen molar-refractivity contribution < 1.29 is 26.1 Å². The molecule has 0 aliphatic carbocycles. The van der Waals surface area contributed by atoms with E-state index in [9.17, 15) is 20.8 Å². The van der Waals surface area contributed by atoms with Crippen molar-refractivity contribution in [2.75, 3.05) is 13.1 Å². The third-order valence-electron chi connectivity index (χ3n) is 1.52. The Morgan fingerprint density at radius 2 is 1.00 bits per heavy atom. The first kappa shape index (κ1) is 18.5. The van der Waals surface area contributed by atoms with Gasteiger partial charge in [-0.3, -0.25) is 0 Å². The van der Waals surface area contributed by atoms with E-state index in [0.717, 1.165) is 0 Å². The van der Waals surface area contributed by atoms with Crippen LogP contribution in [-0.4, -0.2) is 27.3 Å². The molecule has 0 aromatic carbocycles. The molecule has 1 nitrogen and oxygen atoms in total. The second-order valence-corrected chi connectivity index (χ2v) is 7.55. The van der Waals surface area contributed by atoms with E-state index in [1.165, 1.54) is 38.8 Å². The van der Waals surface area contributed by atoms with Gasteiger partial charge in [-0.25, -0.2) is 0 Å². The molecule has 0 spiro atoms. The van der Waals surface area contributed by atoms with Crippen molar-refractivity contribution >= 4 is 14.2 Å². The van der Waals surface area contributed by atoms with Crippen LogP contribution in [0.4, 0.5) is 20.8 Å². The molecule has 0 amide bonds. The number of nitrogens with two attached hydrogens (primary N) is 1. The van der Waals surface area contributed by atoms with E-state index in [4.69, 9.17) is 0 Å². The van der Waals surface area contributed by atoms with Crippen LogP contribution in [-0.2, 0) is 0 Å². The summed E-state index contributed by atoms with van der Waals surface area (Å²) in [5.74, 6) is 0. The van der Waals surface area contributed by atoms with Gasteiger partial charge in [0.15, 0.2) is 0 Å². The van der Waals surface area contributed by atoms with Crippen molar-refractivity contribution in [3.05, 3.63) is 0 Å². The van der Waals surface area contributed by atoms with Crippen LogP contribution < -0.4 is 5.32 Å². The second kappa shape index (κ2) is 6.15. The average molecular weight is 319 g/mol. The number of quaternary nitrogens is 1. The molecule has 104 valence electrons. The van der Waals surface area contributed by atoms with Crippen LogP contribution in [0.3, 0.4) is 0 Å². The Morgan fingerprint density at radius 3 is 1.19 bits per heavy atom. The number of hydrogen-bond donors (Lipinski definition) is 1. The minimum atomic E-state index is -11.1. The summed E-state index contributed by atoms with van der Waals surface area (Å²) in [6.07, 6.45) is 5.43. The Bertz CT molecular complexity index is 156. The van der Waals surface area contributed by atoms with Gasteiger partial charge >= 0.3 is 35.0 Å². The van der Waals surface area contributed by atoms with E-state index in [2.05, 4.69) is 19.2 Å².